The lowest BCUT2D eigenvalue weighted by atomic mass is 10.0. The van der Waals surface area contributed by atoms with Gasteiger partial charge in [0.25, 0.3) is 0 Å². The van der Waals surface area contributed by atoms with E-state index in [0.29, 0.717) is 16.3 Å². The van der Waals surface area contributed by atoms with Gasteiger partial charge in [0.05, 0.1) is 12.1 Å². The molecule has 0 atom stereocenters. The van der Waals surface area contributed by atoms with E-state index in [1.165, 1.54) is 19.3 Å². The smallest absolute Gasteiger partial charge is 0.235 e. The second-order valence-corrected chi connectivity index (χ2v) is 4.15. The van der Waals surface area contributed by atoms with Gasteiger partial charge < -0.3 is 9.84 Å². The average Bonchev–Trinajstić information content (AvgIpc) is 3.02. The minimum atomic E-state index is -0.623. The van der Waals surface area contributed by atoms with Crippen molar-refractivity contribution >= 4 is 17.7 Å². The van der Waals surface area contributed by atoms with Gasteiger partial charge in [-0.1, -0.05) is 11.6 Å². The van der Waals surface area contributed by atoms with Crippen LogP contribution >= 0.6 is 11.6 Å². The molecule has 0 amide bonds. The van der Waals surface area contributed by atoms with Crippen molar-refractivity contribution in [1.82, 2.24) is 0 Å². The zero-order chi connectivity index (χ0) is 11.8. The minimum Gasteiger partial charge on any atom is -0.507 e. The molecule has 84 valence electrons. The molecule has 0 aliphatic heterocycles. The van der Waals surface area contributed by atoms with Crippen LogP contribution in [-0.4, -0.2) is 18.3 Å². The second-order valence-electron chi connectivity index (χ2n) is 3.74. The van der Waals surface area contributed by atoms with Crippen LogP contribution in [0.2, 0.25) is 5.02 Å². The summed E-state index contributed by atoms with van der Waals surface area (Å²) in [5.74, 6) is 0.437. The molecule has 1 saturated carbocycles. The van der Waals surface area contributed by atoms with Crippen LogP contribution in [0.4, 0.5) is 0 Å². The summed E-state index contributed by atoms with van der Waals surface area (Å²) in [6.07, 6.45) is 2.98. The zero-order valence-electron chi connectivity index (χ0n) is 8.66. The van der Waals surface area contributed by atoms with E-state index >= 15 is 0 Å². The van der Waals surface area contributed by atoms with E-state index in [-0.39, 0.29) is 5.75 Å². The summed E-state index contributed by atoms with van der Waals surface area (Å²) < 4.78 is 4.97. The van der Waals surface area contributed by atoms with Crippen LogP contribution in [0.1, 0.15) is 18.4 Å². The topological polar surface area (TPSA) is 58.9 Å². The number of phenols is 1. The molecular weight excluding hydrogens is 230 g/mol. The number of nitrogens with zero attached hydrogens (tertiary/aromatic N) is 1. The summed E-state index contributed by atoms with van der Waals surface area (Å²) in [6, 6.07) is 3.02. The van der Waals surface area contributed by atoms with Crippen LogP contribution in [0.15, 0.2) is 17.1 Å². The third-order valence-electron chi connectivity index (χ3n) is 2.75. The lowest BCUT2D eigenvalue weighted by Crippen LogP contribution is -2.03. The molecule has 0 aromatic heterocycles. The highest BCUT2D eigenvalue weighted by Crippen LogP contribution is 2.53. The molecule has 0 spiro atoms. The molecule has 1 N–H and O–H groups in total. The number of halogens is 1. The van der Waals surface area contributed by atoms with Crippen molar-refractivity contribution in [3.8, 4) is 11.5 Å². The van der Waals surface area contributed by atoms with E-state index in [2.05, 4.69) is 4.99 Å². The van der Waals surface area contributed by atoms with Crippen LogP contribution in [0.5, 0.6) is 11.5 Å². The van der Waals surface area contributed by atoms with Crippen molar-refractivity contribution in [2.24, 2.45) is 4.99 Å². The first-order chi connectivity index (χ1) is 7.63. The Balaban J connectivity index is 2.50. The number of aliphatic imine (C=N–C) groups is 1. The van der Waals surface area contributed by atoms with E-state index < -0.39 is 5.54 Å². The van der Waals surface area contributed by atoms with Gasteiger partial charge in [-0.2, -0.15) is 4.99 Å². The van der Waals surface area contributed by atoms with Crippen LogP contribution in [0.25, 0.3) is 0 Å². The number of benzene rings is 1. The molecule has 5 heteroatoms. The van der Waals surface area contributed by atoms with Gasteiger partial charge in [-0.15, -0.1) is 0 Å². The number of carbonyl (C=O) groups excluding carboxylic acids is 1. The third-order valence-corrected chi connectivity index (χ3v) is 3.05. The fraction of sp³-hybridized carbons (Fsp3) is 0.364. The number of hydrogen-bond donors (Lipinski definition) is 1. The van der Waals surface area contributed by atoms with Gasteiger partial charge in [-0.3, -0.25) is 0 Å². The lowest BCUT2D eigenvalue weighted by molar-refractivity contribution is 0.405. The van der Waals surface area contributed by atoms with E-state index in [9.17, 15) is 9.90 Å². The Bertz CT molecular complexity index is 476. The Labute approximate surface area is 97.5 Å². The highest BCUT2D eigenvalue weighted by molar-refractivity contribution is 6.32. The lowest BCUT2D eigenvalue weighted by Gasteiger charge is -2.13. The summed E-state index contributed by atoms with van der Waals surface area (Å²) in [6.45, 7) is 0. The van der Waals surface area contributed by atoms with Crippen LogP contribution in [-0.2, 0) is 10.3 Å². The number of aromatic hydroxyl groups is 1. The molecule has 0 unspecified atom stereocenters. The third kappa shape index (κ3) is 1.66. The van der Waals surface area contributed by atoms with Crippen molar-refractivity contribution in [2.45, 2.75) is 18.4 Å². The largest absolute Gasteiger partial charge is 0.507 e. The molecule has 1 aromatic carbocycles. The molecule has 0 radical (unpaired) electrons. The molecule has 2 rings (SSSR count). The number of rotatable bonds is 3. The van der Waals surface area contributed by atoms with Crippen molar-refractivity contribution < 1.29 is 14.6 Å². The Kier molecular flexibility index (Phi) is 2.62. The summed E-state index contributed by atoms with van der Waals surface area (Å²) in [5, 5.41) is 10.2. The van der Waals surface area contributed by atoms with Crippen molar-refractivity contribution in [3.63, 3.8) is 0 Å². The molecular formula is C11H10ClNO3. The van der Waals surface area contributed by atoms with Crippen molar-refractivity contribution in [1.29, 1.82) is 0 Å². The van der Waals surface area contributed by atoms with Crippen molar-refractivity contribution in [2.75, 3.05) is 7.11 Å². The number of phenolic OH excluding ortho intramolecular Hbond substituents is 1. The number of isocyanates is 1. The van der Waals surface area contributed by atoms with Gasteiger partial charge in [-0.05, 0) is 18.9 Å². The van der Waals surface area contributed by atoms with E-state index in [0.717, 1.165) is 12.8 Å². The van der Waals surface area contributed by atoms with Crippen molar-refractivity contribution in [3.05, 3.63) is 22.7 Å². The maximum atomic E-state index is 10.3. The molecule has 0 bridgehead atoms. The number of methoxy groups -OCH3 is 1. The molecule has 0 saturated heterocycles. The maximum Gasteiger partial charge on any atom is 0.235 e. The second kappa shape index (κ2) is 3.81. The average molecular weight is 240 g/mol. The van der Waals surface area contributed by atoms with Gasteiger partial charge in [0.15, 0.2) is 0 Å². The Morgan fingerprint density at radius 3 is 2.75 bits per heavy atom. The number of hydrogen-bond acceptors (Lipinski definition) is 4. The quantitative estimate of drug-likeness (QED) is 0.651. The monoisotopic (exact) mass is 239 g/mol. The van der Waals surface area contributed by atoms with E-state index in [4.69, 9.17) is 16.3 Å². The summed E-state index contributed by atoms with van der Waals surface area (Å²) in [4.78, 5) is 14.1. The van der Waals surface area contributed by atoms with Gasteiger partial charge in [0, 0.05) is 11.6 Å². The minimum absolute atomic E-state index is 0.0396. The van der Waals surface area contributed by atoms with Gasteiger partial charge in [0.1, 0.15) is 17.0 Å². The van der Waals surface area contributed by atoms with Crippen LogP contribution < -0.4 is 4.74 Å². The fourth-order valence-corrected chi connectivity index (χ4v) is 1.96. The molecule has 0 heterocycles. The van der Waals surface area contributed by atoms with Gasteiger partial charge >= 0.3 is 0 Å². The Morgan fingerprint density at radius 1 is 1.56 bits per heavy atom. The van der Waals surface area contributed by atoms with Crippen LogP contribution in [0, 0.1) is 0 Å². The number of ether oxygens (including phenoxy) is 1. The van der Waals surface area contributed by atoms with Gasteiger partial charge in [-0.25, -0.2) is 4.79 Å². The summed E-state index contributed by atoms with van der Waals surface area (Å²) in [7, 11) is 1.47. The van der Waals surface area contributed by atoms with E-state index in [1.807, 2.05) is 0 Å². The predicted octanol–water partition coefficient (Wildman–Crippen LogP) is 2.38. The summed E-state index contributed by atoms with van der Waals surface area (Å²) in [5.41, 5.74) is -0.0662. The first-order valence-corrected chi connectivity index (χ1v) is 5.17. The highest BCUT2D eigenvalue weighted by Gasteiger charge is 2.47. The van der Waals surface area contributed by atoms with Gasteiger partial charge in [0.2, 0.25) is 6.08 Å². The first-order valence-electron chi connectivity index (χ1n) is 4.79. The van der Waals surface area contributed by atoms with Crippen LogP contribution in [0.3, 0.4) is 0 Å². The molecule has 4 nitrogen and oxygen atoms in total. The maximum absolute atomic E-state index is 10.3. The molecule has 1 aliphatic rings. The predicted molar refractivity (Wildman–Crippen MR) is 58.7 cm³/mol. The highest BCUT2D eigenvalue weighted by atomic mass is 35.5. The molecule has 16 heavy (non-hydrogen) atoms. The standard InChI is InChI=1S/C11H10ClNO3/c1-16-10-5-9(15)7(4-8(10)12)11(2-3-11)13-6-14/h4-5,15H,2-3H2,1H3. The zero-order valence-corrected chi connectivity index (χ0v) is 9.41. The summed E-state index contributed by atoms with van der Waals surface area (Å²) >= 11 is 5.96. The SMILES string of the molecule is COc1cc(O)c(C2(N=C=O)CC2)cc1Cl. The van der Waals surface area contributed by atoms with E-state index in [1.54, 1.807) is 6.07 Å². The molecule has 1 aliphatic carbocycles. The first kappa shape index (κ1) is 11.0. The molecule has 1 aromatic rings. The molecule has 1 fully saturated rings. The fourth-order valence-electron chi connectivity index (χ4n) is 1.72. The normalized spacial score (nSPS) is 16.4. The Morgan fingerprint density at radius 2 is 2.25 bits per heavy atom. The Hall–Kier alpha value is -1.51.